The molecule has 0 aromatic heterocycles. The summed E-state index contributed by atoms with van der Waals surface area (Å²) in [5.74, 6) is 2.08. The van der Waals surface area contributed by atoms with Crippen molar-refractivity contribution in [2.24, 2.45) is 22.7 Å². The summed E-state index contributed by atoms with van der Waals surface area (Å²) in [6.45, 7) is 2.28. The number of aliphatic imine (C=N–C) groups is 1. The number of allylic oxidation sites excluding steroid dienone is 2. The first kappa shape index (κ1) is 18.8. The van der Waals surface area contributed by atoms with Crippen LogP contribution in [-0.4, -0.2) is 17.4 Å². The molecule has 3 unspecified atom stereocenters. The predicted molar refractivity (Wildman–Crippen MR) is 99.8 cm³/mol. The van der Waals surface area contributed by atoms with Crippen molar-refractivity contribution in [3.8, 4) is 0 Å². The molecule has 3 heteroatoms. The molecule has 0 amide bonds. The number of thiocarbonyl (C=S) groups is 1. The minimum atomic E-state index is -0.844. The van der Waals surface area contributed by atoms with Crippen molar-refractivity contribution in [1.82, 2.24) is 0 Å². The normalized spacial score (nSPS) is 35.1. The molecule has 2 aliphatic carbocycles. The fraction of sp³-hybridized carbons (Fsp3) is 0.850. The van der Waals surface area contributed by atoms with Gasteiger partial charge >= 0.3 is 0 Å². The summed E-state index contributed by atoms with van der Waals surface area (Å²) in [4.78, 5) is 3.95. The molecule has 0 aliphatic heterocycles. The molecule has 0 aromatic rings. The molecule has 0 aromatic carbocycles. The van der Waals surface area contributed by atoms with Crippen LogP contribution in [0.4, 0.5) is 4.39 Å². The number of hydrogen-bond acceptors (Lipinski definition) is 2. The third kappa shape index (κ3) is 6.47. The van der Waals surface area contributed by atoms with Crippen LogP contribution in [0.25, 0.3) is 0 Å². The van der Waals surface area contributed by atoms with E-state index < -0.39 is 6.17 Å². The first-order chi connectivity index (χ1) is 11.2. The monoisotopic (exact) mass is 337 g/mol. The minimum Gasteiger partial charge on any atom is -0.245 e. The lowest BCUT2D eigenvalue weighted by molar-refractivity contribution is 0.192. The minimum absolute atomic E-state index is 0.240. The number of rotatable bonds is 7. The zero-order valence-electron chi connectivity index (χ0n) is 14.6. The standard InChI is InChI=1S/C20H32FNS/c1-2-3-4-5-16-6-8-17(9-7-16)10-11-18-12-13-20(22-15-23)19(21)14-18/h10-11,16-20H,2-9,12-14H2,1H3/b11-10+. The highest BCUT2D eigenvalue weighted by Gasteiger charge is 2.29. The van der Waals surface area contributed by atoms with E-state index in [-0.39, 0.29) is 6.04 Å². The zero-order valence-corrected chi connectivity index (χ0v) is 15.4. The van der Waals surface area contributed by atoms with Gasteiger partial charge < -0.3 is 0 Å². The van der Waals surface area contributed by atoms with E-state index >= 15 is 0 Å². The Bertz CT molecular complexity index is 408. The second-order valence-corrected chi connectivity index (χ2v) is 7.72. The molecule has 3 atom stereocenters. The van der Waals surface area contributed by atoms with Crippen LogP contribution in [0, 0.1) is 17.8 Å². The van der Waals surface area contributed by atoms with Crippen LogP contribution in [0.15, 0.2) is 17.1 Å². The summed E-state index contributed by atoms with van der Waals surface area (Å²) in [7, 11) is 0. The van der Waals surface area contributed by atoms with Crippen LogP contribution < -0.4 is 0 Å². The first-order valence-electron chi connectivity index (χ1n) is 9.62. The van der Waals surface area contributed by atoms with Crippen molar-refractivity contribution in [3.63, 3.8) is 0 Å². The topological polar surface area (TPSA) is 12.4 Å². The van der Waals surface area contributed by atoms with Gasteiger partial charge in [-0.1, -0.05) is 44.8 Å². The van der Waals surface area contributed by atoms with Gasteiger partial charge in [0.2, 0.25) is 0 Å². The van der Waals surface area contributed by atoms with Crippen LogP contribution in [0.5, 0.6) is 0 Å². The van der Waals surface area contributed by atoms with Gasteiger partial charge in [0, 0.05) is 0 Å². The van der Waals surface area contributed by atoms with Crippen LogP contribution >= 0.6 is 12.2 Å². The van der Waals surface area contributed by atoms with Gasteiger partial charge in [-0.2, -0.15) is 0 Å². The number of isothiocyanates is 1. The SMILES string of the molecule is CCCCCC1CCC(/C=C/C2CCC(N=C=S)C(F)C2)CC1. The van der Waals surface area contributed by atoms with Crippen molar-refractivity contribution in [3.05, 3.63) is 12.2 Å². The molecule has 130 valence electrons. The molecule has 0 N–H and O–H groups in total. The molecule has 0 bridgehead atoms. The van der Waals surface area contributed by atoms with Gasteiger partial charge in [0.25, 0.3) is 0 Å². The number of halogens is 1. The van der Waals surface area contributed by atoms with Gasteiger partial charge in [0.1, 0.15) is 6.17 Å². The van der Waals surface area contributed by atoms with E-state index in [4.69, 9.17) is 0 Å². The second kappa shape index (κ2) is 10.4. The number of unbranched alkanes of at least 4 members (excludes halogenated alkanes) is 2. The van der Waals surface area contributed by atoms with E-state index in [1.54, 1.807) is 0 Å². The third-order valence-electron chi connectivity index (χ3n) is 5.76. The number of alkyl halides is 1. The van der Waals surface area contributed by atoms with Gasteiger partial charge in [-0.3, -0.25) is 0 Å². The lowest BCUT2D eigenvalue weighted by Crippen LogP contribution is -2.28. The molecule has 0 radical (unpaired) electrons. The summed E-state index contributed by atoms with van der Waals surface area (Å²) >= 11 is 4.60. The molecule has 2 aliphatic rings. The smallest absolute Gasteiger partial charge is 0.124 e. The highest BCUT2D eigenvalue weighted by atomic mass is 32.1. The quantitative estimate of drug-likeness (QED) is 0.222. The molecule has 1 nitrogen and oxygen atoms in total. The van der Waals surface area contributed by atoms with Crippen molar-refractivity contribution >= 4 is 17.4 Å². The molecular formula is C20H32FNS. The summed E-state index contributed by atoms with van der Waals surface area (Å²) < 4.78 is 14.0. The molecule has 23 heavy (non-hydrogen) atoms. The van der Waals surface area contributed by atoms with Crippen LogP contribution in [0.2, 0.25) is 0 Å². The van der Waals surface area contributed by atoms with Gasteiger partial charge in [-0.15, -0.1) is 0 Å². The molecule has 0 heterocycles. The Morgan fingerprint density at radius 2 is 1.74 bits per heavy atom. The van der Waals surface area contributed by atoms with Crippen molar-refractivity contribution in [1.29, 1.82) is 0 Å². The maximum absolute atomic E-state index is 14.0. The van der Waals surface area contributed by atoms with E-state index in [1.165, 1.54) is 51.4 Å². The zero-order chi connectivity index (χ0) is 16.5. The van der Waals surface area contributed by atoms with E-state index in [9.17, 15) is 4.39 Å². The average Bonchev–Trinajstić information content (AvgIpc) is 2.57. The Hall–Kier alpha value is -0.530. The largest absolute Gasteiger partial charge is 0.245 e. The van der Waals surface area contributed by atoms with Crippen molar-refractivity contribution in [2.75, 3.05) is 0 Å². The highest BCUT2D eigenvalue weighted by Crippen LogP contribution is 2.34. The highest BCUT2D eigenvalue weighted by molar-refractivity contribution is 7.78. The van der Waals surface area contributed by atoms with E-state index in [0.29, 0.717) is 12.3 Å². The third-order valence-corrected chi connectivity index (χ3v) is 5.87. The molecule has 2 saturated carbocycles. The maximum Gasteiger partial charge on any atom is 0.124 e. The number of nitrogens with zero attached hydrogens (tertiary/aromatic N) is 1. The number of hydrogen-bond donors (Lipinski definition) is 0. The fourth-order valence-electron chi connectivity index (χ4n) is 4.18. The Balaban J connectivity index is 1.68. The second-order valence-electron chi connectivity index (χ2n) is 7.54. The molecule has 0 spiro atoms. The van der Waals surface area contributed by atoms with Crippen molar-refractivity contribution < 1.29 is 4.39 Å². The van der Waals surface area contributed by atoms with E-state index in [0.717, 1.165) is 24.7 Å². The lowest BCUT2D eigenvalue weighted by Gasteiger charge is -2.29. The van der Waals surface area contributed by atoms with Gasteiger partial charge in [0.05, 0.1) is 11.2 Å². The van der Waals surface area contributed by atoms with Gasteiger partial charge in [-0.05, 0) is 74.9 Å². The summed E-state index contributed by atoms with van der Waals surface area (Å²) in [6.07, 6.45) is 17.3. The van der Waals surface area contributed by atoms with E-state index in [1.807, 2.05) is 0 Å². The molecule has 2 fully saturated rings. The Kier molecular flexibility index (Phi) is 8.47. The van der Waals surface area contributed by atoms with Crippen molar-refractivity contribution in [2.45, 2.75) is 89.8 Å². The molecular weight excluding hydrogens is 305 g/mol. The van der Waals surface area contributed by atoms with Gasteiger partial charge in [0.15, 0.2) is 0 Å². The lowest BCUT2D eigenvalue weighted by atomic mass is 9.78. The van der Waals surface area contributed by atoms with Crippen LogP contribution in [0.3, 0.4) is 0 Å². The Labute approximate surface area is 146 Å². The predicted octanol–water partition coefficient (Wildman–Crippen LogP) is 6.54. The Morgan fingerprint density at radius 3 is 2.39 bits per heavy atom. The van der Waals surface area contributed by atoms with Gasteiger partial charge in [-0.25, -0.2) is 9.38 Å². The summed E-state index contributed by atoms with van der Waals surface area (Å²) in [5, 5.41) is 2.34. The summed E-state index contributed by atoms with van der Waals surface area (Å²) in [5.41, 5.74) is 0. The molecule has 0 saturated heterocycles. The first-order valence-corrected chi connectivity index (χ1v) is 10.0. The maximum atomic E-state index is 14.0. The van der Waals surface area contributed by atoms with Crippen LogP contribution in [0.1, 0.15) is 77.6 Å². The summed E-state index contributed by atoms with van der Waals surface area (Å²) in [6, 6.07) is -0.240. The van der Waals surface area contributed by atoms with E-state index in [2.05, 4.69) is 41.4 Å². The van der Waals surface area contributed by atoms with Crippen LogP contribution in [-0.2, 0) is 0 Å². The average molecular weight is 338 g/mol. The fourth-order valence-corrected chi connectivity index (χ4v) is 4.32. The Morgan fingerprint density at radius 1 is 1.04 bits per heavy atom. The molecule has 2 rings (SSSR count).